The number of amides is 1. The Hall–Kier alpha value is -2.54. The molecular formula is C22H29NO5S. The molecule has 0 spiro atoms. The highest BCUT2D eigenvalue weighted by atomic mass is 32.2. The van der Waals surface area contributed by atoms with Crippen molar-refractivity contribution < 1.29 is 22.7 Å². The van der Waals surface area contributed by atoms with Crippen LogP contribution in [0.2, 0.25) is 0 Å². The molecule has 158 valence electrons. The molecule has 1 amide bonds. The van der Waals surface area contributed by atoms with E-state index in [2.05, 4.69) is 19.2 Å². The quantitative estimate of drug-likeness (QED) is 0.636. The fourth-order valence-corrected chi connectivity index (χ4v) is 3.52. The van der Waals surface area contributed by atoms with E-state index < -0.39 is 9.84 Å². The van der Waals surface area contributed by atoms with Crippen LogP contribution in [-0.2, 0) is 22.1 Å². The summed E-state index contributed by atoms with van der Waals surface area (Å²) in [5.41, 5.74) is 1.88. The molecule has 0 unspecified atom stereocenters. The Morgan fingerprint density at radius 1 is 1.07 bits per heavy atom. The molecule has 1 N–H and O–H groups in total. The summed E-state index contributed by atoms with van der Waals surface area (Å²) in [6.45, 7) is 5.22. The van der Waals surface area contributed by atoms with Crippen LogP contribution < -0.4 is 14.8 Å². The number of hydrogen-bond donors (Lipinski definition) is 1. The highest BCUT2D eigenvalue weighted by Crippen LogP contribution is 2.28. The number of hydrogen-bond acceptors (Lipinski definition) is 5. The monoisotopic (exact) mass is 419 g/mol. The summed E-state index contributed by atoms with van der Waals surface area (Å²) in [5, 5.41) is 2.85. The van der Waals surface area contributed by atoms with Crippen LogP contribution in [0.1, 0.15) is 41.8 Å². The van der Waals surface area contributed by atoms with Gasteiger partial charge in [0.2, 0.25) is 0 Å². The number of carbonyl (C=O) groups excluding carboxylic acids is 1. The average molecular weight is 420 g/mol. The van der Waals surface area contributed by atoms with Gasteiger partial charge in [-0.3, -0.25) is 4.79 Å². The Morgan fingerprint density at radius 2 is 1.83 bits per heavy atom. The molecule has 2 rings (SSSR count). The van der Waals surface area contributed by atoms with Crippen LogP contribution in [0.5, 0.6) is 11.5 Å². The van der Waals surface area contributed by atoms with E-state index in [1.54, 1.807) is 31.4 Å². The van der Waals surface area contributed by atoms with Gasteiger partial charge in [0.25, 0.3) is 5.91 Å². The molecule has 0 saturated carbocycles. The first-order valence-corrected chi connectivity index (χ1v) is 11.6. The molecule has 0 fully saturated rings. The lowest BCUT2D eigenvalue weighted by molar-refractivity contribution is 0.0950. The van der Waals surface area contributed by atoms with Gasteiger partial charge >= 0.3 is 0 Å². The largest absolute Gasteiger partial charge is 0.493 e. The molecule has 0 atom stereocenters. The first-order valence-electron chi connectivity index (χ1n) is 9.52. The highest BCUT2D eigenvalue weighted by Gasteiger charge is 2.11. The van der Waals surface area contributed by atoms with Crippen molar-refractivity contribution in [1.82, 2.24) is 5.32 Å². The van der Waals surface area contributed by atoms with Gasteiger partial charge in [0.1, 0.15) is 0 Å². The van der Waals surface area contributed by atoms with E-state index in [-0.39, 0.29) is 11.7 Å². The van der Waals surface area contributed by atoms with Crippen molar-refractivity contribution in [3.63, 3.8) is 0 Å². The van der Waals surface area contributed by atoms with Crippen molar-refractivity contribution in [2.24, 2.45) is 5.92 Å². The van der Waals surface area contributed by atoms with Crippen LogP contribution >= 0.6 is 0 Å². The summed E-state index contributed by atoms with van der Waals surface area (Å²) in [4.78, 5) is 12.4. The van der Waals surface area contributed by atoms with Gasteiger partial charge in [-0.2, -0.15) is 0 Å². The molecule has 7 heteroatoms. The molecule has 0 aliphatic rings. The standard InChI is InChI=1S/C22H29NO5S/c1-16(2)10-11-28-20-9-8-17(13-21(20)27-3)14-23-22(24)19-7-5-6-18(12-19)15-29(4,25)26/h5-9,12-13,16H,10-11,14-15H2,1-4H3,(H,23,24). The third-order valence-electron chi connectivity index (χ3n) is 4.25. The number of nitrogens with one attached hydrogen (secondary N) is 1. The van der Waals surface area contributed by atoms with E-state index in [9.17, 15) is 13.2 Å². The predicted molar refractivity (Wildman–Crippen MR) is 114 cm³/mol. The summed E-state index contributed by atoms with van der Waals surface area (Å²) >= 11 is 0. The Morgan fingerprint density at radius 3 is 2.48 bits per heavy atom. The van der Waals surface area contributed by atoms with Crippen LogP contribution in [0.3, 0.4) is 0 Å². The van der Waals surface area contributed by atoms with Crippen LogP contribution in [0.25, 0.3) is 0 Å². The number of rotatable bonds is 10. The maximum Gasteiger partial charge on any atom is 0.251 e. The molecule has 0 aliphatic carbocycles. The van der Waals surface area contributed by atoms with Crippen molar-refractivity contribution >= 4 is 15.7 Å². The summed E-state index contributed by atoms with van der Waals surface area (Å²) in [6.07, 6.45) is 2.13. The molecule has 2 aromatic carbocycles. The maximum atomic E-state index is 12.4. The van der Waals surface area contributed by atoms with Crippen LogP contribution in [-0.4, -0.2) is 34.3 Å². The number of benzene rings is 2. The molecule has 6 nitrogen and oxygen atoms in total. The second kappa shape index (κ2) is 10.3. The molecule has 0 radical (unpaired) electrons. The number of carbonyl (C=O) groups is 1. The summed E-state index contributed by atoms with van der Waals surface area (Å²) < 4.78 is 34.1. The lowest BCUT2D eigenvalue weighted by Gasteiger charge is -2.13. The summed E-state index contributed by atoms with van der Waals surface area (Å²) in [6, 6.07) is 12.2. The Labute approximate surface area is 173 Å². The van der Waals surface area contributed by atoms with Gasteiger partial charge in [0, 0.05) is 18.4 Å². The Bertz CT molecular complexity index is 938. The second-order valence-corrected chi connectivity index (χ2v) is 9.61. The smallest absolute Gasteiger partial charge is 0.251 e. The third kappa shape index (κ3) is 7.77. The molecule has 0 heterocycles. The fourth-order valence-electron chi connectivity index (χ4n) is 2.74. The second-order valence-electron chi connectivity index (χ2n) is 7.47. The lowest BCUT2D eigenvalue weighted by Crippen LogP contribution is -2.23. The third-order valence-corrected chi connectivity index (χ3v) is 5.11. The van der Waals surface area contributed by atoms with E-state index in [1.807, 2.05) is 18.2 Å². The fraction of sp³-hybridized carbons (Fsp3) is 0.409. The van der Waals surface area contributed by atoms with Crippen LogP contribution in [0, 0.1) is 5.92 Å². The van der Waals surface area contributed by atoms with E-state index in [0.717, 1.165) is 12.0 Å². The summed E-state index contributed by atoms with van der Waals surface area (Å²) in [5.74, 6) is 1.50. The first-order chi connectivity index (χ1) is 13.7. The predicted octanol–water partition coefficient (Wildman–Crippen LogP) is 3.59. The van der Waals surface area contributed by atoms with Gasteiger partial charge in [-0.05, 0) is 47.7 Å². The molecular weight excluding hydrogens is 390 g/mol. The molecule has 0 aliphatic heterocycles. The van der Waals surface area contributed by atoms with E-state index in [4.69, 9.17) is 9.47 Å². The SMILES string of the molecule is COc1cc(CNC(=O)c2cccc(CS(C)(=O)=O)c2)ccc1OCCC(C)C. The summed E-state index contributed by atoms with van der Waals surface area (Å²) in [7, 11) is -1.57. The minimum Gasteiger partial charge on any atom is -0.493 e. The van der Waals surface area contributed by atoms with Gasteiger partial charge in [-0.25, -0.2) is 8.42 Å². The number of methoxy groups -OCH3 is 1. The zero-order chi connectivity index (χ0) is 21.4. The topological polar surface area (TPSA) is 81.7 Å². The van der Waals surface area contributed by atoms with Crippen molar-refractivity contribution in [3.05, 3.63) is 59.2 Å². The highest BCUT2D eigenvalue weighted by molar-refractivity contribution is 7.89. The van der Waals surface area contributed by atoms with Crippen LogP contribution in [0.15, 0.2) is 42.5 Å². The van der Waals surface area contributed by atoms with Crippen molar-refractivity contribution in [2.45, 2.75) is 32.6 Å². The van der Waals surface area contributed by atoms with E-state index in [1.165, 1.54) is 6.26 Å². The minimum atomic E-state index is -3.16. The first kappa shape index (κ1) is 22.7. The maximum absolute atomic E-state index is 12.4. The normalized spacial score (nSPS) is 11.3. The van der Waals surface area contributed by atoms with Gasteiger partial charge in [-0.15, -0.1) is 0 Å². The number of ether oxygens (including phenoxy) is 2. The van der Waals surface area contributed by atoms with Crippen LogP contribution in [0.4, 0.5) is 0 Å². The molecule has 29 heavy (non-hydrogen) atoms. The van der Waals surface area contributed by atoms with Gasteiger partial charge in [0.15, 0.2) is 21.3 Å². The number of sulfone groups is 1. The Kier molecular flexibility index (Phi) is 8.08. The molecule has 0 saturated heterocycles. The molecule has 0 bridgehead atoms. The van der Waals surface area contributed by atoms with Crippen molar-refractivity contribution in [2.75, 3.05) is 20.0 Å². The minimum absolute atomic E-state index is 0.0937. The van der Waals surface area contributed by atoms with E-state index >= 15 is 0 Å². The van der Waals surface area contributed by atoms with Gasteiger partial charge in [0.05, 0.1) is 19.5 Å². The average Bonchev–Trinajstić information content (AvgIpc) is 2.65. The van der Waals surface area contributed by atoms with E-state index in [0.29, 0.717) is 41.7 Å². The van der Waals surface area contributed by atoms with Gasteiger partial charge < -0.3 is 14.8 Å². The Balaban J connectivity index is 2.00. The van der Waals surface area contributed by atoms with Crippen molar-refractivity contribution in [1.29, 1.82) is 0 Å². The zero-order valence-electron chi connectivity index (χ0n) is 17.4. The van der Waals surface area contributed by atoms with Crippen molar-refractivity contribution in [3.8, 4) is 11.5 Å². The lowest BCUT2D eigenvalue weighted by atomic mass is 10.1. The molecule has 0 aromatic heterocycles. The zero-order valence-corrected chi connectivity index (χ0v) is 18.2. The molecule has 2 aromatic rings. The van der Waals surface area contributed by atoms with Gasteiger partial charge in [-0.1, -0.05) is 32.0 Å².